The lowest BCUT2D eigenvalue weighted by Gasteiger charge is -2.18. The number of hydrogen-bond donors (Lipinski definition) is 0. The number of likely N-dealkylation sites (tertiary alicyclic amines) is 1. The Morgan fingerprint density at radius 1 is 1.24 bits per heavy atom. The van der Waals surface area contributed by atoms with Gasteiger partial charge in [0.05, 0.1) is 37.0 Å². The predicted octanol–water partition coefficient (Wildman–Crippen LogP) is 4.19. The first-order chi connectivity index (χ1) is 16.0. The van der Waals surface area contributed by atoms with Gasteiger partial charge in [0.1, 0.15) is 17.6 Å². The SMILES string of the molecule is CCOC(=O)C(Cc1occ2cc(C#N)ccc12)c1ccc(O[C@H]2CCN(C(C)=O)C2)cc1. The fraction of sp³-hybridized carbons (Fsp3) is 0.346. The number of nitriles is 1. The number of nitrogens with zero attached hydrogens (tertiary/aromatic N) is 2. The summed E-state index contributed by atoms with van der Waals surface area (Å²) in [5.41, 5.74) is 1.36. The first-order valence-corrected chi connectivity index (χ1v) is 11.1. The van der Waals surface area contributed by atoms with E-state index in [1.807, 2.05) is 30.3 Å². The molecule has 0 saturated carbocycles. The molecule has 1 fully saturated rings. The summed E-state index contributed by atoms with van der Waals surface area (Å²) >= 11 is 0. The van der Waals surface area contributed by atoms with Crippen molar-refractivity contribution in [2.75, 3.05) is 19.7 Å². The molecule has 1 saturated heterocycles. The van der Waals surface area contributed by atoms with Crippen molar-refractivity contribution in [2.45, 2.75) is 38.7 Å². The first kappa shape index (κ1) is 22.4. The molecule has 33 heavy (non-hydrogen) atoms. The maximum atomic E-state index is 12.8. The molecule has 1 aliphatic heterocycles. The Bertz CT molecular complexity index is 1190. The third-order valence-corrected chi connectivity index (χ3v) is 5.95. The highest BCUT2D eigenvalue weighted by atomic mass is 16.5. The monoisotopic (exact) mass is 446 g/mol. The van der Waals surface area contributed by atoms with Gasteiger partial charge in [-0.25, -0.2) is 0 Å². The summed E-state index contributed by atoms with van der Waals surface area (Å²) in [7, 11) is 0. The fourth-order valence-corrected chi connectivity index (χ4v) is 4.19. The standard InChI is InChI=1S/C26H26N2O5/c1-3-31-26(30)24(13-25-23-9-4-18(14-27)12-20(23)16-32-25)19-5-7-21(8-6-19)33-22-10-11-28(15-22)17(2)29/h4-9,12,16,22,24H,3,10-11,13,15H2,1-2H3/t22-,24?/m0/s1. The van der Waals surface area contributed by atoms with Crippen molar-refractivity contribution >= 4 is 22.6 Å². The Kier molecular flexibility index (Phi) is 6.64. The summed E-state index contributed by atoms with van der Waals surface area (Å²) in [6, 6.07) is 14.9. The lowest BCUT2D eigenvalue weighted by Crippen LogP contribution is -2.28. The minimum atomic E-state index is -0.538. The second-order valence-electron chi connectivity index (χ2n) is 8.14. The highest BCUT2D eigenvalue weighted by Gasteiger charge is 2.27. The zero-order valence-corrected chi connectivity index (χ0v) is 18.7. The molecule has 0 spiro atoms. The van der Waals surface area contributed by atoms with Crippen molar-refractivity contribution in [1.29, 1.82) is 5.26 Å². The maximum absolute atomic E-state index is 12.8. The van der Waals surface area contributed by atoms with E-state index in [0.29, 0.717) is 36.6 Å². The van der Waals surface area contributed by atoms with Crippen LogP contribution in [0.25, 0.3) is 10.8 Å². The summed E-state index contributed by atoms with van der Waals surface area (Å²) < 4.78 is 17.1. The highest BCUT2D eigenvalue weighted by molar-refractivity contribution is 5.86. The molecule has 0 N–H and O–H groups in total. The van der Waals surface area contributed by atoms with Gasteiger partial charge in [0.2, 0.25) is 5.91 Å². The van der Waals surface area contributed by atoms with Crippen molar-refractivity contribution in [3.05, 3.63) is 65.6 Å². The minimum Gasteiger partial charge on any atom is -0.489 e. The van der Waals surface area contributed by atoms with Crippen LogP contribution in [0.4, 0.5) is 0 Å². The van der Waals surface area contributed by atoms with E-state index < -0.39 is 5.92 Å². The highest BCUT2D eigenvalue weighted by Crippen LogP contribution is 2.30. The number of carbonyl (C=O) groups is 2. The van der Waals surface area contributed by atoms with Gasteiger partial charge in [-0.05, 0) is 42.8 Å². The molecular formula is C26H26N2O5. The van der Waals surface area contributed by atoms with Gasteiger partial charge in [-0.15, -0.1) is 0 Å². The predicted molar refractivity (Wildman–Crippen MR) is 122 cm³/mol. The quantitative estimate of drug-likeness (QED) is 0.505. The summed E-state index contributed by atoms with van der Waals surface area (Å²) in [5.74, 6) is 0.566. The molecule has 4 rings (SSSR count). The summed E-state index contributed by atoms with van der Waals surface area (Å²) in [6.07, 6.45) is 2.71. The molecule has 170 valence electrons. The number of benzene rings is 2. The summed E-state index contributed by atoms with van der Waals surface area (Å²) in [4.78, 5) is 26.1. The van der Waals surface area contributed by atoms with Crippen LogP contribution in [0.5, 0.6) is 5.75 Å². The van der Waals surface area contributed by atoms with Gasteiger partial charge in [-0.2, -0.15) is 5.26 Å². The number of esters is 1. The maximum Gasteiger partial charge on any atom is 0.313 e. The van der Waals surface area contributed by atoms with Gasteiger partial charge in [-0.1, -0.05) is 12.1 Å². The fourth-order valence-electron chi connectivity index (χ4n) is 4.19. The minimum absolute atomic E-state index is 0.0339. The lowest BCUT2D eigenvalue weighted by molar-refractivity contribution is -0.145. The second kappa shape index (κ2) is 9.78. The number of amides is 1. The molecule has 7 heteroatoms. The van der Waals surface area contributed by atoms with E-state index >= 15 is 0 Å². The van der Waals surface area contributed by atoms with E-state index in [0.717, 1.165) is 22.8 Å². The number of fused-ring (bicyclic) bond motifs is 1. The molecule has 2 aromatic carbocycles. The van der Waals surface area contributed by atoms with Crippen LogP contribution in [0.1, 0.15) is 43.1 Å². The van der Waals surface area contributed by atoms with Crippen molar-refractivity contribution in [2.24, 2.45) is 0 Å². The molecule has 2 atom stereocenters. The third-order valence-electron chi connectivity index (χ3n) is 5.95. The Hall–Kier alpha value is -3.79. The van der Waals surface area contributed by atoms with Gasteiger partial charge in [0.25, 0.3) is 0 Å². The van der Waals surface area contributed by atoms with Crippen LogP contribution in [0.2, 0.25) is 0 Å². The number of hydrogen-bond acceptors (Lipinski definition) is 6. The van der Waals surface area contributed by atoms with E-state index in [1.165, 1.54) is 0 Å². The molecule has 1 aromatic heterocycles. The van der Waals surface area contributed by atoms with Crippen LogP contribution >= 0.6 is 0 Å². The molecule has 7 nitrogen and oxygen atoms in total. The lowest BCUT2D eigenvalue weighted by atomic mass is 9.93. The molecule has 2 heterocycles. The molecule has 1 aliphatic rings. The molecule has 1 amide bonds. The smallest absolute Gasteiger partial charge is 0.313 e. The van der Waals surface area contributed by atoms with Crippen molar-refractivity contribution in [3.63, 3.8) is 0 Å². The van der Waals surface area contributed by atoms with E-state index in [9.17, 15) is 9.59 Å². The van der Waals surface area contributed by atoms with E-state index in [2.05, 4.69) is 6.07 Å². The van der Waals surface area contributed by atoms with Gasteiger partial charge in [0.15, 0.2) is 0 Å². The van der Waals surface area contributed by atoms with Crippen molar-refractivity contribution in [3.8, 4) is 11.8 Å². The number of rotatable bonds is 7. The van der Waals surface area contributed by atoms with Gasteiger partial charge >= 0.3 is 5.97 Å². The van der Waals surface area contributed by atoms with Crippen LogP contribution in [-0.4, -0.2) is 42.6 Å². The summed E-state index contributed by atoms with van der Waals surface area (Å²) in [5, 5.41) is 10.8. The molecule has 0 bridgehead atoms. The average Bonchev–Trinajstić information content (AvgIpc) is 3.45. The number of ether oxygens (including phenoxy) is 2. The zero-order valence-electron chi connectivity index (χ0n) is 18.7. The Morgan fingerprint density at radius 2 is 2.03 bits per heavy atom. The zero-order chi connectivity index (χ0) is 23.4. The van der Waals surface area contributed by atoms with Crippen LogP contribution < -0.4 is 4.74 Å². The topological polar surface area (TPSA) is 92.8 Å². The first-order valence-electron chi connectivity index (χ1n) is 11.1. The number of carbonyl (C=O) groups excluding carboxylic acids is 2. The van der Waals surface area contributed by atoms with E-state index in [1.54, 1.807) is 37.1 Å². The largest absolute Gasteiger partial charge is 0.489 e. The Morgan fingerprint density at radius 3 is 2.70 bits per heavy atom. The van der Waals surface area contributed by atoms with Crippen LogP contribution in [0.3, 0.4) is 0 Å². The van der Waals surface area contributed by atoms with Crippen LogP contribution in [0.15, 0.2) is 53.1 Å². The Balaban J connectivity index is 1.52. The molecule has 0 radical (unpaired) electrons. The molecule has 1 unspecified atom stereocenters. The number of furan rings is 1. The van der Waals surface area contributed by atoms with Crippen LogP contribution in [0, 0.1) is 11.3 Å². The second-order valence-corrected chi connectivity index (χ2v) is 8.14. The van der Waals surface area contributed by atoms with Gasteiger partial charge < -0.3 is 18.8 Å². The van der Waals surface area contributed by atoms with Gasteiger partial charge in [0, 0.05) is 37.1 Å². The Labute approximate surface area is 192 Å². The summed E-state index contributed by atoms with van der Waals surface area (Å²) in [6.45, 7) is 4.92. The van der Waals surface area contributed by atoms with E-state index in [4.69, 9.17) is 19.2 Å². The molecular weight excluding hydrogens is 420 g/mol. The third kappa shape index (κ3) is 5.01. The normalized spacial score (nSPS) is 16.4. The van der Waals surface area contributed by atoms with E-state index in [-0.39, 0.29) is 24.6 Å². The molecule has 3 aromatic rings. The van der Waals surface area contributed by atoms with Crippen LogP contribution in [-0.2, 0) is 20.7 Å². The average molecular weight is 447 g/mol. The van der Waals surface area contributed by atoms with Crippen molar-refractivity contribution < 1.29 is 23.5 Å². The molecule has 0 aliphatic carbocycles. The van der Waals surface area contributed by atoms with Crippen molar-refractivity contribution in [1.82, 2.24) is 4.90 Å². The van der Waals surface area contributed by atoms with Gasteiger partial charge in [-0.3, -0.25) is 9.59 Å².